The maximum atomic E-state index is 12.8. The van der Waals surface area contributed by atoms with E-state index < -0.39 is 15.9 Å². The largest absolute Gasteiger partial charge is 0.495 e. The Kier molecular flexibility index (Phi) is 6.71. The van der Waals surface area contributed by atoms with Gasteiger partial charge in [-0.25, -0.2) is 13.8 Å². The van der Waals surface area contributed by atoms with E-state index in [0.29, 0.717) is 17.1 Å². The van der Waals surface area contributed by atoms with Crippen LogP contribution >= 0.6 is 0 Å². The fourth-order valence-electron chi connectivity index (χ4n) is 2.80. The first-order chi connectivity index (χ1) is 14.8. The number of nitrogens with one attached hydrogen (secondary N) is 2. The molecule has 2 N–H and O–H groups in total. The Balaban J connectivity index is 1.78. The summed E-state index contributed by atoms with van der Waals surface area (Å²) in [5.74, 6) is -0.123. The minimum Gasteiger partial charge on any atom is -0.495 e. The average molecular weight is 438 g/mol. The number of ether oxygens (including phenoxy) is 1. The molecule has 0 aliphatic rings. The molecule has 3 aromatic carbocycles. The molecular weight excluding hydrogens is 414 g/mol. The summed E-state index contributed by atoms with van der Waals surface area (Å²) in [7, 11) is -2.47. The SMILES string of the molecule is COc1ccccc1NS(=O)(=O)c1cccc(C(=O)N/N=C(\C)c2ccc(C)cc2)c1. The van der Waals surface area contributed by atoms with E-state index in [4.69, 9.17) is 4.74 Å². The number of para-hydroxylation sites is 2. The molecule has 3 aromatic rings. The summed E-state index contributed by atoms with van der Waals surface area (Å²) >= 11 is 0. The quantitative estimate of drug-likeness (QED) is 0.432. The number of amides is 1. The van der Waals surface area contributed by atoms with Crippen LogP contribution in [0.3, 0.4) is 0 Å². The maximum absolute atomic E-state index is 12.8. The molecular formula is C23H23N3O4S. The molecule has 3 rings (SSSR count). The standard InChI is InChI=1S/C23H23N3O4S/c1-16-11-13-18(14-12-16)17(2)24-25-23(27)19-7-6-8-20(15-19)31(28,29)26-21-9-4-5-10-22(21)30-3/h4-15,26H,1-3H3,(H,25,27)/b24-17+. The van der Waals surface area contributed by atoms with Crippen molar-refractivity contribution in [1.29, 1.82) is 0 Å². The minimum absolute atomic E-state index is 0.0507. The highest BCUT2D eigenvalue weighted by atomic mass is 32.2. The third-order valence-electron chi connectivity index (χ3n) is 4.55. The minimum atomic E-state index is -3.93. The molecule has 0 atom stereocenters. The van der Waals surface area contributed by atoms with Gasteiger partial charge in [-0.1, -0.05) is 48.0 Å². The number of carbonyl (C=O) groups is 1. The molecule has 7 nitrogen and oxygen atoms in total. The zero-order valence-electron chi connectivity index (χ0n) is 17.4. The fourth-order valence-corrected chi connectivity index (χ4v) is 3.91. The Morgan fingerprint density at radius 3 is 2.35 bits per heavy atom. The summed E-state index contributed by atoms with van der Waals surface area (Å²) in [4.78, 5) is 12.5. The van der Waals surface area contributed by atoms with E-state index in [1.54, 1.807) is 31.2 Å². The molecule has 0 aliphatic carbocycles. The Morgan fingerprint density at radius 1 is 0.935 bits per heavy atom. The van der Waals surface area contributed by atoms with E-state index in [0.717, 1.165) is 11.1 Å². The predicted molar refractivity (Wildman–Crippen MR) is 121 cm³/mol. The van der Waals surface area contributed by atoms with Gasteiger partial charge in [0.15, 0.2) is 0 Å². The van der Waals surface area contributed by atoms with Crippen LogP contribution < -0.4 is 14.9 Å². The first kappa shape index (κ1) is 22.0. The summed E-state index contributed by atoms with van der Waals surface area (Å²) in [6.07, 6.45) is 0. The lowest BCUT2D eigenvalue weighted by atomic mass is 10.1. The van der Waals surface area contributed by atoms with Crippen LogP contribution in [0.1, 0.15) is 28.4 Å². The molecule has 0 aliphatic heterocycles. The van der Waals surface area contributed by atoms with Crippen molar-refractivity contribution in [2.75, 3.05) is 11.8 Å². The van der Waals surface area contributed by atoms with Crippen molar-refractivity contribution >= 4 is 27.3 Å². The molecule has 0 radical (unpaired) electrons. The van der Waals surface area contributed by atoms with Gasteiger partial charge in [0, 0.05) is 5.56 Å². The normalized spacial score (nSPS) is 11.6. The molecule has 0 heterocycles. The van der Waals surface area contributed by atoms with Gasteiger partial charge in [0.05, 0.1) is 23.4 Å². The van der Waals surface area contributed by atoms with E-state index in [-0.39, 0.29) is 10.5 Å². The number of hydrogen-bond acceptors (Lipinski definition) is 5. The van der Waals surface area contributed by atoms with Crippen molar-refractivity contribution in [1.82, 2.24) is 5.43 Å². The van der Waals surface area contributed by atoms with Crippen LogP contribution in [0.25, 0.3) is 0 Å². The Morgan fingerprint density at radius 2 is 1.65 bits per heavy atom. The summed E-state index contributed by atoms with van der Waals surface area (Å²) in [5.41, 5.74) is 5.58. The summed E-state index contributed by atoms with van der Waals surface area (Å²) in [6, 6.07) is 20.1. The van der Waals surface area contributed by atoms with Gasteiger partial charge < -0.3 is 4.74 Å². The summed E-state index contributed by atoms with van der Waals surface area (Å²) < 4.78 is 33.3. The zero-order valence-corrected chi connectivity index (χ0v) is 18.2. The van der Waals surface area contributed by atoms with Gasteiger partial charge in [0.1, 0.15) is 5.75 Å². The number of benzene rings is 3. The number of hydrogen-bond donors (Lipinski definition) is 2. The number of hydrazone groups is 1. The molecule has 0 unspecified atom stereocenters. The lowest BCUT2D eigenvalue weighted by Gasteiger charge is -2.12. The van der Waals surface area contributed by atoms with Crippen LogP contribution in [-0.2, 0) is 10.0 Å². The molecule has 0 bridgehead atoms. The molecule has 0 spiro atoms. The van der Waals surface area contributed by atoms with Crippen LogP contribution in [0.15, 0.2) is 82.8 Å². The van der Waals surface area contributed by atoms with Gasteiger partial charge in [0.25, 0.3) is 15.9 Å². The monoisotopic (exact) mass is 437 g/mol. The lowest BCUT2D eigenvalue weighted by molar-refractivity contribution is 0.0954. The summed E-state index contributed by atoms with van der Waals surface area (Å²) in [6.45, 7) is 3.77. The number of methoxy groups -OCH3 is 1. The van der Waals surface area contributed by atoms with Gasteiger partial charge in [-0.15, -0.1) is 0 Å². The first-order valence-electron chi connectivity index (χ1n) is 9.48. The molecule has 0 aromatic heterocycles. The number of rotatable bonds is 7. The van der Waals surface area contributed by atoms with Crippen LogP contribution in [0, 0.1) is 6.92 Å². The van der Waals surface area contributed by atoms with Crippen molar-refractivity contribution in [2.24, 2.45) is 5.10 Å². The lowest BCUT2D eigenvalue weighted by Crippen LogP contribution is -2.20. The molecule has 8 heteroatoms. The molecule has 1 amide bonds. The Hall–Kier alpha value is -3.65. The second-order valence-corrected chi connectivity index (χ2v) is 8.52. The molecule has 0 fully saturated rings. The van der Waals surface area contributed by atoms with Crippen molar-refractivity contribution < 1.29 is 17.9 Å². The van der Waals surface area contributed by atoms with Crippen molar-refractivity contribution in [3.63, 3.8) is 0 Å². The molecule has 0 saturated heterocycles. The molecule has 31 heavy (non-hydrogen) atoms. The van der Waals surface area contributed by atoms with E-state index in [1.165, 1.54) is 31.4 Å². The number of sulfonamides is 1. The average Bonchev–Trinajstić information content (AvgIpc) is 2.78. The second-order valence-electron chi connectivity index (χ2n) is 6.84. The van der Waals surface area contributed by atoms with Crippen molar-refractivity contribution in [3.8, 4) is 5.75 Å². The second kappa shape index (κ2) is 9.44. The number of aryl methyl sites for hydroxylation is 1. The first-order valence-corrected chi connectivity index (χ1v) is 11.0. The van der Waals surface area contributed by atoms with Crippen LogP contribution in [0.2, 0.25) is 0 Å². The van der Waals surface area contributed by atoms with E-state index in [1.807, 2.05) is 31.2 Å². The molecule has 160 valence electrons. The van der Waals surface area contributed by atoms with Crippen LogP contribution in [0.4, 0.5) is 5.69 Å². The van der Waals surface area contributed by atoms with Gasteiger partial charge in [-0.3, -0.25) is 9.52 Å². The van der Waals surface area contributed by atoms with E-state index >= 15 is 0 Å². The van der Waals surface area contributed by atoms with Gasteiger partial charge in [-0.2, -0.15) is 5.10 Å². The van der Waals surface area contributed by atoms with Crippen LogP contribution in [-0.4, -0.2) is 27.1 Å². The van der Waals surface area contributed by atoms with Gasteiger partial charge in [-0.05, 0) is 49.7 Å². The van der Waals surface area contributed by atoms with E-state index in [9.17, 15) is 13.2 Å². The highest BCUT2D eigenvalue weighted by Crippen LogP contribution is 2.26. The maximum Gasteiger partial charge on any atom is 0.271 e. The highest BCUT2D eigenvalue weighted by Gasteiger charge is 2.18. The van der Waals surface area contributed by atoms with Gasteiger partial charge in [0.2, 0.25) is 0 Å². The Bertz CT molecular complexity index is 1220. The van der Waals surface area contributed by atoms with Crippen LogP contribution in [0.5, 0.6) is 5.75 Å². The number of nitrogens with zero attached hydrogens (tertiary/aromatic N) is 1. The number of anilines is 1. The van der Waals surface area contributed by atoms with E-state index in [2.05, 4.69) is 15.2 Å². The molecule has 0 saturated carbocycles. The van der Waals surface area contributed by atoms with Crippen molar-refractivity contribution in [3.05, 3.63) is 89.5 Å². The van der Waals surface area contributed by atoms with Crippen molar-refractivity contribution in [2.45, 2.75) is 18.7 Å². The third kappa shape index (κ3) is 5.49. The third-order valence-corrected chi connectivity index (χ3v) is 5.92. The Labute approximate surface area is 181 Å². The highest BCUT2D eigenvalue weighted by molar-refractivity contribution is 7.92. The summed E-state index contributed by atoms with van der Waals surface area (Å²) in [5, 5.41) is 4.12. The number of carbonyl (C=O) groups excluding carboxylic acids is 1. The smallest absolute Gasteiger partial charge is 0.271 e. The van der Waals surface area contributed by atoms with Gasteiger partial charge >= 0.3 is 0 Å². The topological polar surface area (TPSA) is 96.9 Å². The fraction of sp³-hybridized carbons (Fsp3) is 0.130. The zero-order chi connectivity index (χ0) is 22.4. The predicted octanol–water partition coefficient (Wildman–Crippen LogP) is 3.96.